The van der Waals surface area contributed by atoms with Gasteiger partial charge in [-0.05, 0) is 32.1 Å². The van der Waals surface area contributed by atoms with E-state index in [1.54, 1.807) is 25.1 Å². The highest BCUT2D eigenvalue weighted by Crippen LogP contribution is 2.37. The minimum atomic E-state index is 0.0862. The highest BCUT2D eigenvalue weighted by Gasteiger charge is 2.15. The second-order valence-electron chi connectivity index (χ2n) is 4.84. The van der Waals surface area contributed by atoms with Crippen LogP contribution in [0.25, 0.3) is 27.5 Å². The number of aliphatic hydroxyl groups excluding tert-OH is 1. The number of rotatable bonds is 2. The van der Waals surface area contributed by atoms with Crippen LogP contribution >= 0.6 is 0 Å². The number of allylic oxidation sites excluding steroid dienone is 3. The van der Waals surface area contributed by atoms with Gasteiger partial charge in [-0.15, -0.1) is 0 Å². The molecule has 2 aromatic carbocycles. The normalized spacial score (nSPS) is 13.2. The lowest BCUT2D eigenvalue weighted by molar-refractivity contribution is 0.434. The van der Waals surface area contributed by atoms with Crippen LogP contribution in [0.15, 0.2) is 58.7 Å². The Morgan fingerprint density at radius 1 is 1.00 bits per heavy atom. The van der Waals surface area contributed by atoms with E-state index in [9.17, 15) is 10.2 Å². The molecular formula is C18H16O3. The van der Waals surface area contributed by atoms with Crippen molar-refractivity contribution >= 4 is 27.5 Å². The Morgan fingerprint density at radius 3 is 2.48 bits per heavy atom. The van der Waals surface area contributed by atoms with Crippen molar-refractivity contribution in [3.63, 3.8) is 0 Å². The van der Waals surface area contributed by atoms with Gasteiger partial charge in [-0.25, -0.2) is 0 Å². The van der Waals surface area contributed by atoms with Crippen molar-refractivity contribution in [3.8, 4) is 5.75 Å². The number of phenolic OH excluding ortho intramolecular Hbond substituents is 1. The zero-order valence-electron chi connectivity index (χ0n) is 11.9. The number of fused-ring (bicyclic) bond motifs is 3. The smallest absolute Gasteiger partial charge is 0.139 e. The van der Waals surface area contributed by atoms with E-state index in [0.29, 0.717) is 16.7 Å². The molecular weight excluding hydrogens is 264 g/mol. The van der Waals surface area contributed by atoms with Gasteiger partial charge in [0.1, 0.15) is 22.7 Å². The molecule has 0 saturated carbocycles. The average Bonchev–Trinajstić information content (AvgIpc) is 2.85. The molecule has 3 heteroatoms. The number of hydrogen-bond donors (Lipinski definition) is 2. The number of hydrogen-bond acceptors (Lipinski definition) is 3. The van der Waals surface area contributed by atoms with Gasteiger partial charge in [0.05, 0.1) is 0 Å². The first-order chi connectivity index (χ1) is 10.2. The number of aromatic hydroxyl groups is 1. The lowest BCUT2D eigenvalue weighted by Gasteiger charge is -2.09. The van der Waals surface area contributed by atoms with Gasteiger partial charge >= 0.3 is 0 Å². The van der Waals surface area contributed by atoms with E-state index in [1.165, 1.54) is 0 Å². The van der Waals surface area contributed by atoms with Crippen molar-refractivity contribution < 1.29 is 14.6 Å². The van der Waals surface area contributed by atoms with Crippen LogP contribution in [-0.2, 0) is 0 Å². The van der Waals surface area contributed by atoms with Crippen LogP contribution < -0.4 is 0 Å². The van der Waals surface area contributed by atoms with Crippen molar-refractivity contribution in [1.29, 1.82) is 0 Å². The summed E-state index contributed by atoms with van der Waals surface area (Å²) in [4.78, 5) is 0. The van der Waals surface area contributed by atoms with Crippen LogP contribution in [0, 0.1) is 0 Å². The maximum Gasteiger partial charge on any atom is 0.139 e. The summed E-state index contributed by atoms with van der Waals surface area (Å²) in [5.41, 5.74) is 2.60. The molecule has 0 saturated heterocycles. The molecule has 21 heavy (non-hydrogen) atoms. The maximum atomic E-state index is 10.2. The summed E-state index contributed by atoms with van der Waals surface area (Å²) in [6.45, 7) is 3.58. The van der Waals surface area contributed by atoms with Crippen molar-refractivity contribution in [2.45, 2.75) is 13.8 Å². The predicted octanol–water partition coefficient (Wildman–Crippen LogP) is 5.16. The first kappa shape index (κ1) is 13.3. The van der Waals surface area contributed by atoms with Crippen molar-refractivity contribution in [2.24, 2.45) is 0 Å². The molecule has 3 nitrogen and oxygen atoms in total. The molecule has 0 amide bonds. The Balaban J connectivity index is 2.34. The summed E-state index contributed by atoms with van der Waals surface area (Å²) in [6, 6.07) is 11.2. The highest BCUT2D eigenvalue weighted by atomic mass is 16.3. The molecule has 1 heterocycles. The number of phenols is 1. The first-order valence-electron chi connectivity index (χ1n) is 6.82. The number of para-hydroxylation sites is 1. The zero-order chi connectivity index (χ0) is 15.0. The van der Waals surface area contributed by atoms with Crippen LogP contribution in [0.1, 0.15) is 19.4 Å². The highest BCUT2D eigenvalue weighted by molar-refractivity contribution is 6.06. The topological polar surface area (TPSA) is 53.6 Å². The quantitative estimate of drug-likeness (QED) is 0.503. The van der Waals surface area contributed by atoms with E-state index in [2.05, 4.69) is 0 Å². The minimum Gasteiger partial charge on any atom is -0.508 e. The fourth-order valence-electron chi connectivity index (χ4n) is 2.57. The summed E-state index contributed by atoms with van der Waals surface area (Å²) >= 11 is 0. The third kappa shape index (κ3) is 2.07. The van der Waals surface area contributed by atoms with E-state index >= 15 is 0 Å². The van der Waals surface area contributed by atoms with Gasteiger partial charge in [-0.2, -0.15) is 0 Å². The standard InChI is InChI=1S/C18H16O3/c1-3-11(15(19)4-2)13-9-14-12-7-5-6-8-17(12)21-18(14)10-16(13)20/h3-10,19-20H,1-2H3/b11-3-,15-4+. The molecule has 0 aliphatic rings. The number of benzene rings is 2. The van der Waals surface area contributed by atoms with Crippen molar-refractivity contribution in [2.75, 3.05) is 0 Å². The Kier molecular flexibility index (Phi) is 3.18. The molecule has 0 spiro atoms. The summed E-state index contributed by atoms with van der Waals surface area (Å²) in [5.74, 6) is 0.225. The van der Waals surface area contributed by atoms with Crippen LogP contribution in [0.4, 0.5) is 0 Å². The van der Waals surface area contributed by atoms with Gasteiger partial charge < -0.3 is 14.6 Å². The monoisotopic (exact) mass is 280 g/mol. The Hall–Kier alpha value is -2.68. The van der Waals surface area contributed by atoms with Gasteiger partial charge in [0, 0.05) is 28.0 Å². The molecule has 0 atom stereocenters. The molecule has 0 unspecified atom stereocenters. The SMILES string of the molecule is C/C=C(\C(O)=C/C)c1cc2c(cc1O)oc1ccccc12. The van der Waals surface area contributed by atoms with Crippen LogP contribution in [0.3, 0.4) is 0 Å². The van der Waals surface area contributed by atoms with Gasteiger partial charge in [0.25, 0.3) is 0 Å². The lowest BCUT2D eigenvalue weighted by Crippen LogP contribution is -1.89. The lowest BCUT2D eigenvalue weighted by atomic mass is 9.99. The molecule has 2 N–H and O–H groups in total. The maximum absolute atomic E-state index is 10.2. The summed E-state index contributed by atoms with van der Waals surface area (Å²) in [7, 11) is 0. The van der Waals surface area contributed by atoms with Gasteiger partial charge in [0.15, 0.2) is 0 Å². The summed E-state index contributed by atoms with van der Waals surface area (Å²) in [5, 5.41) is 22.1. The fourth-order valence-corrected chi connectivity index (χ4v) is 2.57. The minimum absolute atomic E-state index is 0.0862. The Labute approximate surface area is 122 Å². The van der Waals surface area contributed by atoms with E-state index in [4.69, 9.17) is 4.42 Å². The molecule has 3 aromatic rings. The molecule has 0 aliphatic carbocycles. The van der Waals surface area contributed by atoms with Crippen LogP contribution in [0.5, 0.6) is 5.75 Å². The fraction of sp³-hybridized carbons (Fsp3) is 0.111. The number of aliphatic hydroxyl groups is 1. The molecule has 0 bridgehead atoms. The summed E-state index contributed by atoms with van der Waals surface area (Å²) < 4.78 is 5.73. The third-order valence-corrected chi connectivity index (χ3v) is 3.62. The Morgan fingerprint density at radius 2 is 1.76 bits per heavy atom. The van der Waals surface area contributed by atoms with E-state index < -0.39 is 0 Å². The summed E-state index contributed by atoms with van der Waals surface area (Å²) in [6.07, 6.45) is 3.38. The van der Waals surface area contributed by atoms with Gasteiger partial charge in [-0.3, -0.25) is 0 Å². The van der Waals surface area contributed by atoms with E-state index in [-0.39, 0.29) is 11.5 Å². The first-order valence-corrected chi connectivity index (χ1v) is 6.82. The largest absolute Gasteiger partial charge is 0.508 e. The predicted molar refractivity (Wildman–Crippen MR) is 85.4 cm³/mol. The molecule has 106 valence electrons. The van der Waals surface area contributed by atoms with Crippen molar-refractivity contribution in [1.82, 2.24) is 0 Å². The van der Waals surface area contributed by atoms with Gasteiger partial charge in [-0.1, -0.05) is 24.3 Å². The van der Waals surface area contributed by atoms with Gasteiger partial charge in [0.2, 0.25) is 0 Å². The van der Waals surface area contributed by atoms with E-state index in [0.717, 1.165) is 16.4 Å². The average molecular weight is 280 g/mol. The van der Waals surface area contributed by atoms with Crippen LogP contribution in [-0.4, -0.2) is 10.2 Å². The van der Waals surface area contributed by atoms with E-state index in [1.807, 2.05) is 37.3 Å². The molecule has 1 aromatic heterocycles. The van der Waals surface area contributed by atoms with Crippen molar-refractivity contribution in [3.05, 3.63) is 59.9 Å². The number of furan rings is 1. The second-order valence-corrected chi connectivity index (χ2v) is 4.84. The molecule has 0 fully saturated rings. The molecule has 0 radical (unpaired) electrons. The van der Waals surface area contributed by atoms with Crippen LogP contribution in [0.2, 0.25) is 0 Å². The zero-order valence-corrected chi connectivity index (χ0v) is 11.9. The Bertz CT molecular complexity index is 882. The third-order valence-electron chi connectivity index (χ3n) is 3.62. The second kappa shape index (κ2) is 5.02. The molecule has 0 aliphatic heterocycles. The molecule has 3 rings (SSSR count).